The van der Waals surface area contributed by atoms with Crippen molar-refractivity contribution in [3.8, 4) is 5.75 Å². The number of hydrogen-bond acceptors (Lipinski definition) is 2. The molecule has 0 aliphatic rings. The van der Waals surface area contributed by atoms with Gasteiger partial charge >= 0.3 is 0 Å². The van der Waals surface area contributed by atoms with Crippen molar-refractivity contribution >= 4 is 0 Å². The highest BCUT2D eigenvalue weighted by molar-refractivity contribution is 5.32. The van der Waals surface area contributed by atoms with E-state index in [1.807, 2.05) is 24.3 Å². The Morgan fingerprint density at radius 2 is 2.00 bits per heavy atom. The molecule has 0 atom stereocenters. The van der Waals surface area contributed by atoms with E-state index < -0.39 is 0 Å². The Morgan fingerprint density at radius 3 is 2.64 bits per heavy atom. The van der Waals surface area contributed by atoms with Crippen molar-refractivity contribution in [3.63, 3.8) is 0 Å². The molecule has 1 aromatic carbocycles. The summed E-state index contributed by atoms with van der Waals surface area (Å²) < 4.78 is 5.66. The van der Waals surface area contributed by atoms with Gasteiger partial charge in [0.25, 0.3) is 0 Å². The molecular weight excluding hydrogens is 174 g/mol. The minimum absolute atomic E-state index is 0.540. The van der Waals surface area contributed by atoms with E-state index in [1.54, 1.807) is 0 Å². The van der Waals surface area contributed by atoms with E-state index in [0.29, 0.717) is 12.5 Å². The molecule has 2 heteroatoms. The molecule has 0 heterocycles. The van der Waals surface area contributed by atoms with Gasteiger partial charge in [-0.15, -0.1) is 0 Å². The van der Waals surface area contributed by atoms with Gasteiger partial charge in [-0.3, -0.25) is 0 Å². The number of benzene rings is 1. The normalized spacial score (nSPS) is 10.6. The van der Waals surface area contributed by atoms with Gasteiger partial charge in [-0.25, -0.2) is 0 Å². The van der Waals surface area contributed by atoms with Crippen molar-refractivity contribution in [3.05, 3.63) is 29.8 Å². The zero-order valence-electron chi connectivity index (χ0n) is 8.99. The van der Waals surface area contributed by atoms with Crippen LogP contribution in [-0.2, 0) is 6.54 Å². The smallest absolute Gasteiger partial charge is 0.123 e. The molecular formula is C12H19NO. The van der Waals surface area contributed by atoms with Crippen LogP contribution in [0.1, 0.15) is 25.8 Å². The van der Waals surface area contributed by atoms with E-state index in [9.17, 15) is 0 Å². The molecule has 1 rings (SSSR count). The van der Waals surface area contributed by atoms with Gasteiger partial charge in [0.1, 0.15) is 5.75 Å². The minimum atomic E-state index is 0.540. The summed E-state index contributed by atoms with van der Waals surface area (Å²) in [6.45, 7) is 5.70. The van der Waals surface area contributed by atoms with Crippen LogP contribution in [0.4, 0.5) is 0 Å². The van der Waals surface area contributed by atoms with Crippen molar-refractivity contribution in [1.29, 1.82) is 0 Å². The second-order valence-corrected chi connectivity index (χ2v) is 3.84. The number of para-hydroxylation sites is 1. The standard InChI is InChI=1S/C12H19NO/c1-10(2)7-8-14-12-6-4-3-5-11(12)9-13/h3-6,10H,7-9,13H2,1-2H3. The number of hydrogen-bond donors (Lipinski definition) is 1. The van der Waals surface area contributed by atoms with Gasteiger partial charge in [0, 0.05) is 12.1 Å². The Bertz CT molecular complexity index is 271. The molecule has 0 saturated heterocycles. The molecule has 0 aliphatic carbocycles. The summed E-state index contributed by atoms with van der Waals surface area (Å²) in [5.41, 5.74) is 6.68. The Hall–Kier alpha value is -1.02. The molecule has 0 unspecified atom stereocenters. The fraction of sp³-hybridized carbons (Fsp3) is 0.500. The van der Waals surface area contributed by atoms with Gasteiger partial charge in [-0.05, 0) is 18.4 Å². The maximum atomic E-state index is 5.66. The summed E-state index contributed by atoms with van der Waals surface area (Å²) in [4.78, 5) is 0. The molecule has 0 aliphatic heterocycles. The third kappa shape index (κ3) is 3.38. The fourth-order valence-electron chi connectivity index (χ4n) is 1.22. The molecule has 1 aromatic rings. The third-order valence-corrected chi connectivity index (χ3v) is 2.15. The zero-order valence-corrected chi connectivity index (χ0v) is 8.99. The van der Waals surface area contributed by atoms with E-state index in [0.717, 1.165) is 24.3 Å². The topological polar surface area (TPSA) is 35.2 Å². The molecule has 2 N–H and O–H groups in total. The summed E-state index contributed by atoms with van der Waals surface area (Å²) >= 11 is 0. The van der Waals surface area contributed by atoms with E-state index in [4.69, 9.17) is 10.5 Å². The molecule has 0 saturated carbocycles. The van der Waals surface area contributed by atoms with Crippen LogP contribution in [0.2, 0.25) is 0 Å². The highest BCUT2D eigenvalue weighted by Crippen LogP contribution is 2.17. The zero-order chi connectivity index (χ0) is 10.4. The van der Waals surface area contributed by atoms with Gasteiger partial charge in [0.05, 0.1) is 6.61 Å². The number of nitrogens with two attached hydrogens (primary N) is 1. The first-order valence-electron chi connectivity index (χ1n) is 5.14. The molecule has 2 nitrogen and oxygen atoms in total. The first-order valence-corrected chi connectivity index (χ1v) is 5.14. The predicted octanol–water partition coefficient (Wildman–Crippen LogP) is 2.57. The average Bonchev–Trinajstić information content (AvgIpc) is 2.18. The SMILES string of the molecule is CC(C)CCOc1ccccc1CN. The first kappa shape index (κ1) is 11.1. The predicted molar refractivity (Wildman–Crippen MR) is 59.3 cm³/mol. The summed E-state index contributed by atoms with van der Waals surface area (Å²) in [6.07, 6.45) is 1.08. The Morgan fingerprint density at radius 1 is 1.29 bits per heavy atom. The van der Waals surface area contributed by atoms with Crippen LogP contribution in [0.5, 0.6) is 5.75 Å². The molecule has 0 aromatic heterocycles. The van der Waals surface area contributed by atoms with E-state index in [1.165, 1.54) is 0 Å². The molecule has 0 spiro atoms. The lowest BCUT2D eigenvalue weighted by molar-refractivity contribution is 0.287. The Kier molecular flexibility index (Phi) is 4.47. The second kappa shape index (κ2) is 5.66. The number of ether oxygens (including phenoxy) is 1. The second-order valence-electron chi connectivity index (χ2n) is 3.84. The average molecular weight is 193 g/mol. The van der Waals surface area contributed by atoms with Gasteiger partial charge in [0.2, 0.25) is 0 Å². The summed E-state index contributed by atoms with van der Waals surface area (Å²) in [6, 6.07) is 7.94. The van der Waals surface area contributed by atoms with Crippen molar-refractivity contribution in [1.82, 2.24) is 0 Å². The fourth-order valence-corrected chi connectivity index (χ4v) is 1.22. The van der Waals surface area contributed by atoms with Crippen LogP contribution in [0, 0.1) is 5.92 Å². The van der Waals surface area contributed by atoms with Crippen LogP contribution in [0.3, 0.4) is 0 Å². The minimum Gasteiger partial charge on any atom is -0.493 e. The van der Waals surface area contributed by atoms with Crippen molar-refractivity contribution < 1.29 is 4.74 Å². The van der Waals surface area contributed by atoms with E-state index in [-0.39, 0.29) is 0 Å². The summed E-state index contributed by atoms with van der Waals surface area (Å²) in [7, 11) is 0. The van der Waals surface area contributed by atoms with Crippen LogP contribution in [0.15, 0.2) is 24.3 Å². The maximum Gasteiger partial charge on any atom is 0.123 e. The molecule has 0 amide bonds. The van der Waals surface area contributed by atoms with Crippen molar-refractivity contribution in [2.24, 2.45) is 11.7 Å². The molecule has 0 fully saturated rings. The van der Waals surface area contributed by atoms with Gasteiger partial charge < -0.3 is 10.5 Å². The van der Waals surface area contributed by atoms with E-state index in [2.05, 4.69) is 13.8 Å². The monoisotopic (exact) mass is 193 g/mol. The summed E-state index contributed by atoms with van der Waals surface area (Å²) in [5.74, 6) is 1.61. The Labute approximate surface area is 86.1 Å². The van der Waals surface area contributed by atoms with Crippen LogP contribution in [0.25, 0.3) is 0 Å². The highest BCUT2D eigenvalue weighted by Gasteiger charge is 2.00. The van der Waals surface area contributed by atoms with Crippen LogP contribution in [-0.4, -0.2) is 6.61 Å². The lowest BCUT2D eigenvalue weighted by Gasteiger charge is -2.11. The molecule has 0 radical (unpaired) electrons. The van der Waals surface area contributed by atoms with Crippen LogP contribution < -0.4 is 10.5 Å². The summed E-state index contributed by atoms with van der Waals surface area (Å²) in [5, 5.41) is 0. The van der Waals surface area contributed by atoms with Crippen LogP contribution >= 0.6 is 0 Å². The molecule has 78 valence electrons. The van der Waals surface area contributed by atoms with Crippen molar-refractivity contribution in [2.45, 2.75) is 26.8 Å². The first-order chi connectivity index (χ1) is 6.74. The number of rotatable bonds is 5. The molecule has 14 heavy (non-hydrogen) atoms. The lowest BCUT2D eigenvalue weighted by Crippen LogP contribution is -2.05. The quantitative estimate of drug-likeness (QED) is 0.780. The third-order valence-electron chi connectivity index (χ3n) is 2.15. The molecule has 0 bridgehead atoms. The lowest BCUT2D eigenvalue weighted by atomic mass is 10.1. The van der Waals surface area contributed by atoms with Gasteiger partial charge in [-0.2, -0.15) is 0 Å². The van der Waals surface area contributed by atoms with Gasteiger partial charge in [0.15, 0.2) is 0 Å². The van der Waals surface area contributed by atoms with E-state index >= 15 is 0 Å². The largest absolute Gasteiger partial charge is 0.493 e. The maximum absolute atomic E-state index is 5.66. The Balaban J connectivity index is 2.49. The highest BCUT2D eigenvalue weighted by atomic mass is 16.5. The van der Waals surface area contributed by atoms with Crippen molar-refractivity contribution in [2.75, 3.05) is 6.61 Å². The van der Waals surface area contributed by atoms with Gasteiger partial charge in [-0.1, -0.05) is 32.0 Å².